The first-order valence-corrected chi connectivity index (χ1v) is 7.63. The van der Waals surface area contributed by atoms with E-state index >= 15 is 0 Å². The van der Waals surface area contributed by atoms with Gasteiger partial charge in [0.1, 0.15) is 0 Å². The molecule has 18 heavy (non-hydrogen) atoms. The summed E-state index contributed by atoms with van der Waals surface area (Å²) in [7, 11) is 0. The highest BCUT2D eigenvalue weighted by atomic mass is 79.9. The lowest BCUT2D eigenvalue weighted by molar-refractivity contribution is 0.141. The molecule has 0 heterocycles. The van der Waals surface area contributed by atoms with Gasteiger partial charge in [0.05, 0.1) is 6.10 Å². The zero-order chi connectivity index (χ0) is 13.4. The van der Waals surface area contributed by atoms with Crippen LogP contribution in [0.3, 0.4) is 0 Å². The van der Waals surface area contributed by atoms with Gasteiger partial charge in [0.15, 0.2) is 0 Å². The molecular formula is C15H24BrNO. The third-order valence-electron chi connectivity index (χ3n) is 3.06. The predicted molar refractivity (Wildman–Crippen MR) is 80.7 cm³/mol. The molecule has 0 aliphatic heterocycles. The number of nitrogens with zero attached hydrogens (tertiary/aromatic N) is 1. The van der Waals surface area contributed by atoms with Crippen LogP contribution in [0.5, 0.6) is 0 Å². The molecule has 0 bridgehead atoms. The Morgan fingerprint density at radius 1 is 1.11 bits per heavy atom. The lowest BCUT2D eigenvalue weighted by atomic mass is 10.1. The standard InChI is InChI=1S/C15H24BrNO/c1-3-10-17(11-4-2)12-9-15(18)13-7-5-6-8-14(13)16/h5-8,15,18H,3-4,9-12H2,1-2H3. The van der Waals surface area contributed by atoms with Crippen molar-refractivity contribution in [3.8, 4) is 0 Å². The molecule has 0 saturated heterocycles. The molecule has 1 atom stereocenters. The first kappa shape index (κ1) is 15.7. The van der Waals surface area contributed by atoms with Crippen molar-refractivity contribution >= 4 is 15.9 Å². The van der Waals surface area contributed by atoms with Crippen LogP contribution in [-0.2, 0) is 0 Å². The van der Waals surface area contributed by atoms with Gasteiger partial charge in [0.2, 0.25) is 0 Å². The molecule has 1 unspecified atom stereocenters. The summed E-state index contributed by atoms with van der Waals surface area (Å²) in [6, 6.07) is 7.91. The summed E-state index contributed by atoms with van der Waals surface area (Å²) in [4.78, 5) is 2.43. The van der Waals surface area contributed by atoms with Crippen molar-refractivity contribution in [3.63, 3.8) is 0 Å². The lowest BCUT2D eigenvalue weighted by Crippen LogP contribution is -2.27. The fourth-order valence-corrected chi connectivity index (χ4v) is 2.72. The van der Waals surface area contributed by atoms with Crippen LogP contribution in [0.4, 0.5) is 0 Å². The van der Waals surface area contributed by atoms with E-state index in [0.29, 0.717) is 0 Å². The average molecular weight is 314 g/mol. The number of aliphatic hydroxyl groups excluding tert-OH is 1. The van der Waals surface area contributed by atoms with E-state index < -0.39 is 0 Å². The molecule has 1 rings (SSSR count). The topological polar surface area (TPSA) is 23.5 Å². The Labute approximate surface area is 119 Å². The molecule has 0 aromatic heterocycles. The predicted octanol–water partition coefficient (Wildman–Crippen LogP) is 3.99. The monoisotopic (exact) mass is 313 g/mol. The Hall–Kier alpha value is -0.380. The highest BCUT2D eigenvalue weighted by molar-refractivity contribution is 9.10. The molecule has 3 heteroatoms. The third-order valence-corrected chi connectivity index (χ3v) is 3.78. The summed E-state index contributed by atoms with van der Waals surface area (Å²) in [6.45, 7) is 7.61. The van der Waals surface area contributed by atoms with E-state index in [1.54, 1.807) is 0 Å². The van der Waals surface area contributed by atoms with Crippen molar-refractivity contribution in [1.82, 2.24) is 4.90 Å². The fourth-order valence-electron chi connectivity index (χ4n) is 2.17. The van der Waals surface area contributed by atoms with Gasteiger partial charge in [0, 0.05) is 11.0 Å². The minimum absolute atomic E-state index is 0.378. The molecule has 0 saturated carbocycles. The number of rotatable bonds is 8. The second-order valence-electron chi connectivity index (χ2n) is 4.67. The van der Waals surface area contributed by atoms with Gasteiger partial charge < -0.3 is 10.0 Å². The minimum Gasteiger partial charge on any atom is -0.388 e. The van der Waals surface area contributed by atoms with Crippen molar-refractivity contribution in [3.05, 3.63) is 34.3 Å². The smallest absolute Gasteiger partial charge is 0.0813 e. The van der Waals surface area contributed by atoms with E-state index in [1.807, 2.05) is 24.3 Å². The molecule has 0 amide bonds. The van der Waals surface area contributed by atoms with Crippen molar-refractivity contribution in [2.75, 3.05) is 19.6 Å². The Morgan fingerprint density at radius 3 is 2.28 bits per heavy atom. The zero-order valence-corrected chi connectivity index (χ0v) is 13.0. The van der Waals surface area contributed by atoms with Crippen LogP contribution >= 0.6 is 15.9 Å². The maximum absolute atomic E-state index is 10.2. The summed E-state index contributed by atoms with van der Waals surface area (Å²) in [5.41, 5.74) is 0.991. The molecule has 0 aliphatic rings. The molecule has 0 fully saturated rings. The highest BCUT2D eigenvalue weighted by Gasteiger charge is 2.12. The molecule has 0 spiro atoms. The van der Waals surface area contributed by atoms with Crippen molar-refractivity contribution < 1.29 is 5.11 Å². The SMILES string of the molecule is CCCN(CCC)CCC(O)c1ccccc1Br. The summed E-state index contributed by atoms with van der Waals surface area (Å²) < 4.78 is 0.995. The van der Waals surface area contributed by atoms with Crippen LogP contribution in [-0.4, -0.2) is 29.6 Å². The number of benzene rings is 1. The van der Waals surface area contributed by atoms with Gasteiger partial charge in [-0.2, -0.15) is 0 Å². The first-order valence-electron chi connectivity index (χ1n) is 6.83. The quantitative estimate of drug-likeness (QED) is 0.784. The number of hydrogen-bond donors (Lipinski definition) is 1. The second kappa shape index (κ2) is 8.68. The summed E-state index contributed by atoms with van der Waals surface area (Å²) >= 11 is 3.49. The van der Waals surface area contributed by atoms with Crippen LogP contribution in [0.25, 0.3) is 0 Å². The molecule has 102 valence electrons. The van der Waals surface area contributed by atoms with E-state index in [9.17, 15) is 5.11 Å². The number of hydrogen-bond acceptors (Lipinski definition) is 2. The van der Waals surface area contributed by atoms with E-state index in [-0.39, 0.29) is 6.10 Å². The van der Waals surface area contributed by atoms with Gasteiger partial charge >= 0.3 is 0 Å². The van der Waals surface area contributed by atoms with Crippen LogP contribution in [0.1, 0.15) is 44.8 Å². The van der Waals surface area contributed by atoms with Crippen LogP contribution in [0.15, 0.2) is 28.7 Å². The van der Waals surface area contributed by atoms with E-state index in [4.69, 9.17) is 0 Å². The van der Waals surface area contributed by atoms with Gasteiger partial charge in [-0.15, -0.1) is 0 Å². The number of halogens is 1. The summed E-state index contributed by atoms with van der Waals surface area (Å²) in [5.74, 6) is 0. The Balaban J connectivity index is 2.49. The normalized spacial score (nSPS) is 12.9. The largest absolute Gasteiger partial charge is 0.388 e. The molecule has 1 aromatic carbocycles. The summed E-state index contributed by atoms with van der Waals surface area (Å²) in [5, 5.41) is 10.2. The van der Waals surface area contributed by atoms with E-state index in [2.05, 4.69) is 34.7 Å². The van der Waals surface area contributed by atoms with Crippen molar-refractivity contribution in [1.29, 1.82) is 0 Å². The summed E-state index contributed by atoms with van der Waals surface area (Å²) in [6.07, 6.45) is 2.76. The maximum atomic E-state index is 10.2. The Kier molecular flexibility index (Phi) is 7.56. The molecule has 0 radical (unpaired) electrons. The molecule has 0 aliphatic carbocycles. The van der Waals surface area contributed by atoms with Crippen molar-refractivity contribution in [2.45, 2.75) is 39.2 Å². The van der Waals surface area contributed by atoms with E-state index in [0.717, 1.165) is 36.1 Å². The molecule has 1 aromatic rings. The van der Waals surface area contributed by atoms with Gasteiger partial charge in [-0.3, -0.25) is 0 Å². The van der Waals surface area contributed by atoms with Gasteiger partial charge in [-0.25, -0.2) is 0 Å². The van der Waals surface area contributed by atoms with Crippen LogP contribution < -0.4 is 0 Å². The fraction of sp³-hybridized carbons (Fsp3) is 0.600. The van der Waals surface area contributed by atoms with Crippen LogP contribution in [0, 0.1) is 0 Å². The third kappa shape index (κ3) is 5.09. The highest BCUT2D eigenvalue weighted by Crippen LogP contribution is 2.25. The number of aliphatic hydroxyl groups is 1. The molecule has 1 N–H and O–H groups in total. The zero-order valence-electron chi connectivity index (χ0n) is 11.4. The van der Waals surface area contributed by atoms with Gasteiger partial charge in [0.25, 0.3) is 0 Å². The van der Waals surface area contributed by atoms with Crippen molar-refractivity contribution in [2.24, 2.45) is 0 Å². The minimum atomic E-state index is -0.378. The second-order valence-corrected chi connectivity index (χ2v) is 5.52. The lowest BCUT2D eigenvalue weighted by Gasteiger charge is -2.22. The van der Waals surface area contributed by atoms with Gasteiger partial charge in [-0.1, -0.05) is 48.0 Å². The van der Waals surface area contributed by atoms with E-state index in [1.165, 1.54) is 12.8 Å². The average Bonchev–Trinajstić information content (AvgIpc) is 2.36. The van der Waals surface area contributed by atoms with Crippen LogP contribution in [0.2, 0.25) is 0 Å². The molecule has 2 nitrogen and oxygen atoms in total. The van der Waals surface area contributed by atoms with Gasteiger partial charge in [-0.05, 0) is 44.0 Å². The Bertz CT molecular complexity index is 337. The first-order chi connectivity index (χ1) is 8.69. The maximum Gasteiger partial charge on any atom is 0.0813 e. The molecular weight excluding hydrogens is 290 g/mol. The Morgan fingerprint density at radius 2 is 1.72 bits per heavy atom.